The zero-order chi connectivity index (χ0) is 50.8. The van der Waals surface area contributed by atoms with Crippen LogP contribution < -0.4 is 26.2 Å². The molecule has 374 valence electrons. The highest BCUT2D eigenvalue weighted by Crippen LogP contribution is 2.42. The summed E-state index contributed by atoms with van der Waals surface area (Å²) >= 11 is 13.4. The van der Waals surface area contributed by atoms with Crippen LogP contribution in [0.4, 0.5) is 31.4 Å². The van der Waals surface area contributed by atoms with Crippen molar-refractivity contribution in [3.8, 4) is 16.9 Å². The van der Waals surface area contributed by atoms with E-state index in [0.29, 0.717) is 83.0 Å². The molecule has 6 aromatic rings. The van der Waals surface area contributed by atoms with Crippen LogP contribution in [0.3, 0.4) is 0 Å². The molecular weight excluding hydrogens is 969 g/mol. The second kappa shape index (κ2) is 20.8. The lowest BCUT2D eigenvalue weighted by molar-refractivity contribution is -0.136. The minimum absolute atomic E-state index is 0.0184. The maximum Gasteiger partial charge on any atom is 0.410 e. The van der Waals surface area contributed by atoms with Gasteiger partial charge in [0.25, 0.3) is 5.91 Å². The van der Waals surface area contributed by atoms with Crippen LogP contribution in [0, 0.1) is 5.82 Å². The molecule has 0 radical (unpaired) electrons. The summed E-state index contributed by atoms with van der Waals surface area (Å²) in [5.74, 6) is -1.25. The van der Waals surface area contributed by atoms with Crippen molar-refractivity contribution >= 4 is 92.2 Å². The molecule has 20 heteroatoms. The lowest BCUT2D eigenvalue weighted by atomic mass is 9.96. The predicted molar refractivity (Wildman–Crippen MR) is 272 cm³/mol. The van der Waals surface area contributed by atoms with Gasteiger partial charge in [-0.1, -0.05) is 59.6 Å². The van der Waals surface area contributed by atoms with E-state index in [9.17, 15) is 29.1 Å². The molecule has 4 heterocycles. The molecule has 1 unspecified atom stereocenters. The molecule has 1 aromatic heterocycles. The summed E-state index contributed by atoms with van der Waals surface area (Å²) in [5, 5.41) is 24.1. The van der Waals surface area contributed by atoms with Gasteiger partial charge < -0.3 is 45.2 Å². The number of nitrogens with zero attached hydrogens (tertiary/aromatic N) is 5. The van der Waals surface area contributed by atoms with Crippen LogP contribution in [0.15, 0.2) is 78.9 Å². The van der Waals surface area contributed by atoms with Gasteiger partial charge in [-0.3, -0.25) is 19.7 Å². The average Bonchev–Trinajstić information content (AvgIpc) is 3.65. The van der Waals surface area contributed by atoms with E-state index in [-0.39, 0.29) is 78.7 Å². The summed E-state index contributed by atoms with van der Waals surface area (Å²) < 4.78 is 28.7. The molecule has 72 heavy (non-hydrogen) atoms. The minimum Gasteiger partial charge on any atom is -0.508 e. The fourth-order valence-electron chi connectivity index (χ4n) is 9.17. The number of anilines is 3. The Morgan fingerprint density at radius 1 is 0.903 bits per heavy atom. The Morgan fingerprint density at radius 2 is 1.69 bits per heavy atom. The van der Waals surface area contributed by atoms with E-state index in [1.807, 2.05) is 56.0 Å². The van der Waals surface area contributed by atoms with Gasteiger partial charge in [0.15, 0.2) is 5.82 Å². The summed E-state index contributed by atoms with van der Waals surface area (Å²) in [5.41, 5.74) is 3.12. The standard InChI is InChI=1S/C52H52Cl2FN9O8/c1-52(2,3)72-51(70)63-16-14-62(15-17-63)46-39-26-40(54)43(38-25-35(65)23-31-6-4-5-7-36(31)38)44(55)45(39)60-49(61-46)56-13-19-71-18-12-29-21-33(53)24-34(22-29)58-50(69)57-27-30-8-9-37-32(20-30)28-64(48(37)68)41-10-11-42(66)59-47(41)67/h4-9,20-26,41,65H,10-19,27-28H2,1-3H3,(H,56,60,61)(H2,57,58,69)(H,59,66,67). The van der Waals surface area contributed by atoms with Gasteiger partial charge in [0.1, 0.15) is 28.7 Å². The molecule has 0 saturated carbocycles. The van der Waals surface area contributed by atoms with Crippen molar-refractivity contribution in [1.29, 1.82) is 0 Å². The van der Waals surface area contributed by atoms with Gasteiger partial charge in [0, 0.05) is 79.5 Å². The van der Waals surface area contributed by atoms with E-state index in [4.69, 9.17) is 37.7 Å². The van der Waals surface area contributed by atoms with Gasteiger partial charge in [-0.05, 0) is 109 Å². The van der Waals surface area contributed by atoms with E-state index in [1.54, 1.807) is 47.4 Å². The maximum absolute atomic E-state index is 17.1. The Balaban J connectivity index is 0.823. The Hall–Kier alpha value is -7.28. The zero-order valence-corrected chi connectivity index (χ0v) is 41.3. The Kier molecular flexibility index (Phi) is 14.4. The number of amides is 6. The number of piperidine rings is 1. The number of carbonyl (C=O) groups excluding carboxylic acids is 5. The largest absolute Gasteiger partial charge is 0.508 e. The summed E-state index contributed by atoms with van der Waals surface area (Å²) in [7, 11) is 0. The van der Waals surface area contributed by atoms with Crippen molar-refractivity contribution < 1.29 is 42.9 Å². The van der Waals surface area contributed by atoms with Crippen LogP contribution in [0.1, 0.15) is 60.7 Å². The third kappa shape index (κ3) is 11.1. The first-order chi connectivity index (χ1) is 34.5. The fourth-order valence-corrected chi connectivity index (χ4v) is 9.72. The molecule has 9 rings (SSSR count). The molecular formula is C52H52Cl2FN9O8. The van der Waals surface area contributed by atoms with E-state index in [0.717, 1.165) is 16.7 Å². The number of hydrogen-bond acceptors (Lipinski definition) is 12. The summed E-state index contributed by atoms with van der Waals surface area (Å²) in [6, 6.07) is 21.3. The number of aromatic nitrogens is 2. The third-order valence-electron chi connectivity index (χ3n) is 12.5. The van der Waals surface area contributed by atoms with Gasteiger partial charge in [0.2, 0.25) is 17.8 Å². The molecule has 3 aliphatic heterocycles. The van der Waals surface area contributed by atoms with Gasteiger partial charge >= 0.3 is 12.1 Å². The Bertz CT molecular complexity index is 3140. The van der Waals surface area contributed by atoms with Gasteiger partial charge in [-0.15, -0.1) is 0 Å². The number of halogens is 3. The number of phenolic OH excluding ortho intramolecular Hbond substituents is 1. The zero-order valence-electron chi connectivity index (χ0n) is 39.7. The Morgan fingerprint density at radius 3 is 2.47 bits per heavy atom. The molecule has 17 nitrogen and oxygen atoms in total. The lowest BCUT2D eigenvalue weighted by Crippen LogP contribution is -2.52. The van der Waals surface area contributed by atoms with Crippen LogP contribution in [-0.2, 0) is 38.6 Å². The number of ether oxygens (including phenoxy) is 2. The number of nitrogens with one attached hydrogen (secondary N) is 4. The highest BCUT2D eigenvalue weighted by molar-refractivity contribution is 6.35. The fraction of sp³-hybridized carbons (Fsp3) is 0.327. The number of hydrogen-bond donors (Lipinski definition) is 5. The number of piperazine rings is 1. The highest BCUT2D eigenvalue weighted by atomic mass is 35.5. The van der Waals surface area contributed by atoms with Crippen molar-refractivity contribution in [3.63, 3.8) is 0 Å². The third-order valence-corrected chi connectivity index (χ3v) is 13.0. The average molecular weight is 1020 g/mol. The number of aromatic hydroxyl groups is 1. The monoisotopic (exact) mass is 1020 g/mol. The molecule has 0 spiro atoms. The smallest absolute Gasteiger partial charge is 0.410 e. The van der Waals surface area contributed by atoms with E-state index in [1.165, 1.54) is 11.0 Å². The number of phenols is 1. The summed E-state index contributed by atoms with van der Waals surface area (Å²) in [4.78, 5) is 77.6. The number of benzene rings is 5. The molecule has 3 aliphatic rings. The number of carbonyl (C=O) groups is 5. The van der Waals surface area contributed by atoms with Gasteiger partial charge in [-0.2, -0.15) is 4.98 Å². The number of urea groups is 1. The van der Waals surface area contributed by atoms with Crippen molar-refractivity contribution in [2.75, 3.05) is 61.5 Å². The van der Waals surface area contributed by atoms with Crippen LogP contribution in [0.2, 0.25) is 10.0 Å². The number of fused-ring (bicyclic) bond motifs is 3. The van der Waals surface area contributed by atoms with E-state index >= 15 is 4.39 Å². The highest BCUT2D eigenvalue weighted by Gasteiger charge is 2.39. The van der Waals surface area contributed by atoms with Crippen LogP contribution in [0.25, 0.3) is 32.8 Å². The van der Waals surface area contributed by atoms with Crippen LogP contribution >= 0.6 is 23.2 Å². The van der Waals surface area contributed by atoms with Crippen molar-refractivity contribution in [1.82, 2.24) is 30.4 Å². The number of imide groups is 1. The topological polar surface area (TPSA) is 208 Å². The van der Waals surface area contributed by atoms with Crippen LogP contribution in [0.5, 0.6) is 5.75 Å². The van der Waals surface area contributed by atoms with Gasteiger partial charge in [0.05, 0.1) is 18.2 Å². The molecule has 2 fully saturated rings. The quantitative estimate of drug-likeness (QED) is 0.0546. The van der Waals surface area contributed by atoms with Crippen molar-refractivity contribution in [2.45, 2.75) is 64.8 Å². The molecule has 2 saturated heterocycles. The normalized spacial score (nSPS) is 16.0. The van der Waals surface area contributed by atoms with Crippen LogP contribution in [-0.4, -0.2) is 112 Å². The lowest BCUT2D eigenvalue weighted by Gasteiger charge is -2.36. The molecule has 1 atom stereocenters. The van der Waals surface area contributed by atoms with Gasteiger partial charge in [-0.25, -0.2) is 19.0 Å². The second-order valence-electron chi connectivity index (χ2n) is 18.8. The maximum atomic E-state index is 17.1. The van der Waals surface area contributed by atoms with Crippen molar-refractivity contribution in [3.05, 3.63) is 117 Å². The molecule has 5 aromatic carbocycles. The molecule has 6 amide bonds. The first kappa shape index (κ1) is 49.7. The summed E-state index contributed by atoms with van der Waals surface area (Å²) in [6.07, 6.45) is 0.482. The second-order valence-corrected chi connectivity index (χ2v) is 19.7. The number of rotatable bonds is 13. The molecule has 0 bridgehead atoms. The van der Waals surface area contributed by atoms with E-state index < -0.39 is 35.5 Å². The predicted octanol–water partition coefficient (Wildman–Crippen LogP) is 8.41. The molecule has 0 aliphatic carbocycles. The molecule has 5 N–H and O–H groups in total. The van der Waals surface area contributed by atoms with E-state index in [2.05, 4.69) is 26.3 Å². The first-order valence-electron chi connectivity index (χ1n) is 23.5. The SMILES string of the molecule is CC(C)(C)OC(=O)N1CCN(c2nc(NCCOCCc3cc(Cl)cc(NC(=O)NCc4ccc5c(c4)CN(C4CCC(=O)NC4=O)C5=O)c3)nc3c(F)c(-c4cc(O)cc5ccccc45)c(Cl)cc23)CC1. The van der Waals surface area contributed by atoms with Crippen molar-refractivity contribution in [2.24, 2.45) is 0 Å². The first-order valence-corrected chi connectivity index (χ1v) is 24.3. The minimum atomic E-state index is -0.716. The summed E-state index contributed by atoms with van der Waals surface area (Å²) in [6.45, 7) is 8.08. The Labute approximate surface area is 423 Å².